The van der Waals surface area contributed by atoms with Gasteiger partial charge in [0.05, 0.1) is 0 Å². The quantitative estimate of drug-likeness (QED) is 0.828. The van der Waals surface area contributed by atoms with Gasteiger partial charge in [-0.05, 0) is 63.7 Å². The van der Waals surface area contributed by atoms with Crippen LogP contribution in [0.15, 0.2) is 30.3 Å². The van der Waals surface area contributed by atoms with Gasteiger partial charge in [-0.3, -0.25) is 4.90 Å². The molecule has 1 aromatic rings. The first kappa shape index (κ1) is 14.6. The van der Waals surface area contributed by atoms with E-state index in [1.807, 2.05) is 0 Å². The van der Waals surface area contributed by atoms with E-state index in [1.165, 1.54) is 30.4 Å². The molecule has 1 aromatic carbocycles. The molecule has 0 amide bonds. The summed E-state index contributed by atoms with van der Waals surface area (Å²) in [4.78, 5) is 4.66. The standard InChI is InChI=1S/C18H26N2O/c1-19(2)10-11-21-18-8-4-14(5-9-18)15-12-16-6-7-17(13-15)20(16)3/h4-5,8-9,12,16-17H,6-7,10-11,13H2,1-3H3. The number of ether oxygens (including phenoxy) is 1. The summed E-state index contributed by atoms with van der Waals surface area (Å²) in [6, 6.07) is 10.0. The minimum absolute atomic E-state index is 0.648. The molecule has 0 N–H and O–H groups in total. The van der Waals surface area contributed by atoms with Crippen LogP contribution in [0.2, 0.25) is 0 Å². The van der Waals surface area contributed by atoms with Crippen molar-refractivity contribution < 1.29 is 4.74 Å². The molecule has 2 bridgehead atoms. The second-order valence-electron chi connectivity index (χ2n) is 6.54. The molecule has 0 spiro atoms. The average molecular weight is 286 g/mol. The molecule has 1 saturated heterocycles. The van der Waals surface area contributed by atoms with E-state index in [9.17, 15) is 0 Å². The molecule has 1 fully saturated rings. The number of likely N-dealkylation sites (N-methyl/N-ethyl adjacent to an activating group) is 2. The van der Waals surface area contributed by atoms with E-state index < -0.39 is 0 Å². The summed E-state index contributed by atoms with van der Waals surface area (Å²) in [6.45, 7) is 1.69. The lowest BCUT2D eigenvalue weighted by atomic mass is 9.95. The Balaban J connectivity index is 1.63. The predicted octanol–water partition coefficient (Wildman–Crippen LogP) is 2.88. The van der Waals surface area contributed by atoms with E-state index >= 15 is 0 Å². The Morgan fingerprint density at radius 2 is 1.95 bits per heavy atom. The highest BCUT2D eigenvalue weighted by Gasteiger charge is 2.33. The maximum Gasteiger partial charge on any atom is 0.119 e. The number of hydrogen-bond acceptors (Lipinski definition) is 3. The molecule has 2 atom stereocenters. The second kappa shape index (κ2) is 6.20. The number of hydrogen-bond donors (Lipinski definition) is 0. The van der Waals surface area contributed by atoms with Gasteiger partial charge in [0.25, 0.3) is 0 Å². The van der Waals surface area contributed by atoms with E-state index in [4.69, 9.17) is 4.74 Å². The molecule has 114 valence electrons. The first-order valence-electron chi connectivity index (χ1n) is 7.94. The highest BCUT2D eigenvalue weighted by Crippen LogP contribution is 2.37. The van der Waals surface area contributed by atoms with Crippen LogP contribution in [-0.4, -0.2) is 56.2 Å². The summed E-state index contributed by atoms with van der Waals surface area (Å²) in [5.41, 5.74) is 2.88. The van der Waals surface area contributed by atoms with Gasteiger partial charge in [0.15, 0.2) is 0 Å². The molecular formula is C18H26N2O. The lowest BCUT2D eigenvalue weighted by Gasteiger charge is -2.30. The van der Waals surface area contributed by atoms with Gasteiger partial charge in [0.1, 0.15) is 12.4 Å². The van der Waals surface area contributed by atoms with E-state index in [0.29, 0.717) is 6.04 Å². The fourth-order valence-electron chi connectivity index (χ4n) is 3.37. The number of rotatable bonds is 5. The third-order valence-corrected chi connectivity index (χ3v) is 4.78. The van der Waals surface area contributed by atoms with E-state index in [-0.39, 0.29) is 0 Å². The highest BCUT2D eigenvalue weighted by molar-refractivity contribution is 5.68. The molecular weight excluding hydrogens is 260 g/mol. The maximum atomic E-state index is 5.76. The molecule has 3 nitrogen and oxygen atoms in total. The zero-order chi connectivity index (χ0) is 14.8. The SMILES string of the molecule is CN(C)CCOc1ccc(C2=CC3CCC(C2)N3C)cc1. The molecule has 0 aromatic heterocycles. The fraction of sp³-hybridized carbons (Fsp3) is 0.556. The molecule has 0 aliphatic carbocycles. The van der Waals surface area contributed by atoms with Crippen molar-refractivity contribution >= 4 is 5.57 Å². The largest absolute Gasteiger partial charge is 0.492 e. The van der Waals surface area contributed by atoms with Crippen molar-refractivity contribution in [2.45, 2.75) is 31.3 Å². The van der Waals surface area contributed by atoms with Crippen LogP contribution < -0.4 is 4.74 Å². The molecule has 0 saturated carbocycles. The average Bonchev–Trinajstić information content (AvgIpc) is 2.69. The zero-order valence-electron chi connectivity index (χ0n) is 13.4. The van der Waals surface area contributed by atoms with Gasteiger partial charge in [-0.15, -0.1) is 0 Å². The maximum absolute atomic E-state index is 5.76. The van der Waals surface area contributed by atoms with Crippen molar-refractivity contribution in [1.29, 1.82) is 0 Å². The fourth-order valence-corrected chi connectivity index (χ4v) is 3.37. The van der Waals surface area contributed by atoms with Gasteiger partial charge in [-0.1, -0.05) is 18.2 Å². The molecule has 2 heterocycles. The van der Waals surface area contributed by atoms with Gasteiger partial charge in [0, 0.05) is 18.6 Å². The van der Waals surface area contributed by atoms with Gasteiger partial charge < -0.3 is 9.64 Å². The van der Waals surface area contributed by atoms with Crippen molar-refractivity contribution in [1.82, 2.24) is 9.80 Å². The van der Waals surface area contributed by atoms with Crippen molar-refractivity contribution in [3.8, 4) is 5.75 Å². The van der Waals surface area contributed by atoms with Gasteiger partial charge >= 0.3 is 0 Å². The van der Waals surface area contributed by atoms with Gasteiger partial charge in [-0.25, -0.2) is 0 Å². The van der Waals surface area contributed by atoms with Crippen LogP contribution in [0.1, 0.15) is 24.8 Å². The Labute approximate surface area is 128 Å². The molecule has 0 radical (unpaired) electrons. The molecule has 3 heteroatoms. The van der Waals surface area contributed by atoms with Crippen molar-refractivity contribution in [3.63, 3.8) is 0 Å². The second-order valence-corrected chi connectivity index (χ2v) is 6.54. The van der Waals surface area contributed by atoms with Crippen LogP contribution in [-0.2, 0) is 0 Å². The third-order valence-electron chi connectivity index (χ3n) is 4.78. The molecule has 2 aliphatic heterocycles. The molecule has 2 unspecified atom stereocenters. The van der Waals surface area contributed by atoms with Gasteiger partial charge in [-0.2, -0.15) is 0 Å². The normalized spacial score (nSPS) is 25.2. The molecule has 21 heavy (non-hydrogen) atoms. The topological polar surface area (TPSA) is 15.7 Å². The van der Waals surface area contributed by atoms with Crippen LogP contribution in [0.3, 0.4) is 0 Å². The van der Waals surface area contributed by atoms with Crippen molar-refractivity contribution in [2.75, 3.05) is 34.3 Å². The number of benzene rings is 1. The monoisotopic (exact) mass is 286 g/mol. The van der Waals surface area contributed by atoms with Crippen LogP contribution in [0.25, 0.3) is 5.57 Å². The number of fused-ring (bicyclic) bond motifs is 2. The first-order valence-corrected chi connectivity index (χ1v) is 7.94. The smallest absolute Gasteiger partial charge is 0.119 e. The molecule has 3 rings (SSSR count). The Kier molecular flexibility index (Phi) is 4.32. The van der Waals surface area contributed by atoms with Crippen LogP contribution in [0, 0.1) is 0 Å². The minimum atomic E-state index is 0.648. The summed E-state index contributed by atoms with van der Waals surface area (Å²) in [7, 11) is 6.39. The van der Waals surface area contributed by atoms with Gasteiger partial charge in [0.2, 0.25) is 0 Å². The minimum Gasteiger partial charge on any atom is -0.492 e. The van der Waals surface area contributed by atoms with Crippen LogP contribution in [0.5, 0.6) is 5.75 Å². The Hall–Kier alpha value is -1.32. The van der Waals surface area contributed by atoms with E-state index in [0.717, 1.165) is 24.9 Å². The van der Waals surface area contributed by atoms with Crippen LogP contribution in [0.4, 0.5) is 0 Å². The lowest BCUT2D eigenvalue weighted by Crippen LogP contribution is -2.34. The van der Waals surface area contributed by atoms with E-state index in [2.05, 4.69) is 61.3 Å². The third kappa shape index (κ3) is 3.30. The number of nitrogens with zero attached hydrogens (tertiary/aromatic N) is 2. The summed E-state index contributed by atoms with van der Waals surface area (Å²) in [5, 5.41) is 0. The Morgan fingerprint density at radius 3 is 2.62 bits per heavy atom. The Morgan fingerprint density at radius 1 is 1.19 bits per heavy atom. The van der Waals surface area contributed by atoms with Crippen LogP contribution >= 0.6 is 0 Å². The van der Waals surface area contributed by atoms with E-state index in [1.54, 1.807) is 0 Å². The van der Waals surface area contributed by atoms with Crippen molar-refractivity contribution in [3.05, 3.63) is 35.9 Å². The molecule has 2 aliphatic rings. The summed E-state index contributed by atoms with van der Waals surface area (Å²) < 4.78 is 5.76. The zero-order valence-corrected chi connectivity index (χ0v) is 13.4. The summed E-state index contributed by atoms with van der Waals surface area (Å²) in [6.07, 6.45) is 6.31. The summed E-state index contributed by atoms with van der Waals surface area (Å²) in [5.74, 6) is 0.970. The highest BCUT2D eigenvalue weighted by atomic mass is 16.5. The summed E-state index contributed by atoms with van der Waals surface area (Å²) >= 11 is 0. The van der Waals surface area contributed by atoms with Crippen molar-refractivity contribution in [2.24, 2.45) is 0 Å². The first-order chi connectivity index (χ1) is 10.1. The lowest BCUT2D eigenvalue weighted by molar-refractivity contribution is 0.261. The Bertz CT molecular complexity index is 506. The predicted molar refractivity (Wildman–Crippen MR) is 87.7 cm³/mol.